The largest absolute Gasteiger partial charge is 0.508 e. The second-order valence-corrected chi connectivity index (χ2v) is 5.21. The standard InChI is InChI=1S/C13H18N2O5/c1-13(2,3)20-12(19)15-9-5-4-7(16)6-8(9)10(14)11(17)18/h4-6,10,16H,14H2,1-3H3,(H,15,19)(H,17,18). The number of carboxylic acid groups (broad SMARTS) is 1. The Balaban J connectivity index is 3.00. The molecule has 20 heavy (non-hydrogen) atoms. The van der Waals surface area contributed by atoms with E-state index in [2.05, 4.69) is 5.32 Å². The van der Waals surface area contributed by atoms with Crippen LogP contribution in [0.1, 0.15) is 32.4 Å². The lowest BCUT2D eigenvalue weighted by Gasteiger charge is -2.21. The van der Waals surface area contributed by atoms with Gasteiger partial charge in [-0.05, 0) is 39.0 Å². The summed E-state index contributed by atoms with van der Waals surface area (Å²) in [7, 11) is 0. The molecule has 0 aliphatic rings. The van der Waals surface area contributed by atoms with Gasteiger partial charge in [0.05, 0.1) is 0 Å². The highest BCUT2D eigenvalue weighted by molar-refractivity contribution is 5.88. The number of benzene rings is 1. The van der Waals surface area contributed by atoms with Gasteiger partial charge in [0.25, 0.3) is 0 Å². The minimum absolute atomic E-state index is 0.0864. The number of aromatic hydroxyl groups is 1. The van der Waals surface area contributed by atoms with Crippen LogP contribution >= 0.6 is 0 Å². The van der Waals surface area contributed by atoms with Crippen molar-refractivity contribution in [3.05, 3.63) is 23.8 Å². The molecule has 1 aromatic carbocycles. The second-order valence-electron chi connectivity index (χ2n) is 5.21. The molecule has 7 heteroatoms. The Kier molecular flexibility index (Phi) is 4.57. The van der Waals surface area contributed by atoms with Crippen molar-refractivity contribution in [1.29, 1.82) is 0 Å². The third-order valence-corrected chi connectivity index (χ3v) is 2.27. The summed E-state index contributed by atoms with van der Waals surface area (Å²) in [5.41, 5.74) is 5.08. The first kappa shape index (κ1) is 15.8. The number of phenols is 1. The van der Waals surface area contributed by atoms with E-state index < -0.39 is 23.7 Å². The molecule has 110 valence electrons. The van der Waals surface area contributed by atoms with Gasteiger partial charge < -0.3 is 20.7 Å². The van der Waals surface area contributed by atoms with Gasteiger partial charge in [-0.2, -0.15) is 0 Å². The van der Waals surface area contributed by atoms with Crippen molar-refractivity contribution in [2.75, 3.05) is 5.32 Å². The zero-order valence-electron chi connectivity index (χ0n) is 11.5. The van der Waals surface area contributed by atoms with E-state index in [0.29, 0.717) is 0 Å². The zero-order valence-corrected chi connectivity index (χ0v) is 11.5. The molecule has 0 aromatic heterocycles. The van der Waals surface area contributed by atoms with Crippen LogP contribution in [0.3, 0.4) is 0 Å². The van der Waals surface area contributed by atoms with Crippen LogP contribution in [0.25, 0.3) is 0 Å². The molecule has 7 nitrogen and oxygen atoms in total. The smallest absolute Gasteiger partial charge is 0.412 e. The van der Waals surface area contributed by atoms with Crippen LogP contribution in [0.15, 0.2) is 18.2 Å². The highest BCUT2D eigenvalue weighted by Crippen LogP contribution is 2.26. The molecule has 1 amide bonds. The Morgan fingerprint density at radius 1 is 1.35 bits per heavy atom. The Morgan fingerprint density at radius 3 is 2.45 bits per heavy atom. The van der Waals surface area contributed by atoms with Gasteiger partial charge in [-0.25, -0.2) is 4.79 Å². The van der Waals surface area contributed by atoms with E-state index in [1.165, 1.54) is 18.2 Å². The third kappa shape index (κ3) is 4.43. The van der Waals surface area contributed by atoms with Crippen LogP contribution in [0.5, 0.6) is 5.75 Å². The van der Waals surface area contributed by atoms with Crippen molar-refractivity contribution in [3.8, 4) is 5.75 Å². The maximum Gasteiger partial charge on any atom is 0.412 e. The number of phenolic OH excluding ortho intramolecular Hbond substituents is 1. The summed E-state index contributed by atoms with van der Waals surface area (Å²) in [5.74, 6) is -1.42. The van der Waals surface area contributed by atoms with Gasteiger partial charge in [0.1, 0.15) is 17.4 Å². The third-order valence-electron chi connectivity index (χ3n) is 2.27. The van der Waals surface area contributed by atoms with Gasteiger partial charge in [-0.1, -0.05) is 0 Å². The number of anilines is 1. The molecule has 1 aromatic rings. The first-order valence-electron chi connectivity index (χ1n) is 5.91. The molecule has 0 spiro atoms. The van der Waals surface area contributed by atoms with E-state index in [-0.39, 0.29) is 17.0 Å². The topological polar surface area (TPSA) is 122 Å². The molecule has 0 saturated heterocycles. The van der Waals surface area contributed by atoms with Gasteiger partial charge in [-0.15, -0.1) is 0 Å². The van der Waals surface area contributed by atoms with Gasteiger partial charge in [0.2, 0.25) is 0 Å². The van der Waals surface area contributed by atoms with E-state index in [1.807, 2.05) is 0 Å². The van der Waals surface area contributed by atoms with Crippen LogP contribution < -0.4 is 11.1 Å². The predicted octanol–water partition coefficient (Wildman–Crippen LogP) is 1.82. The molecule has 0 aliphatic heterocycles. The van der Waals surface area contributed by atoms with Gasteiger partial charge in [0, 0.05) is 11.3 Å². The number of carbonyl (C=O) groups excluding carboxylic acids is 1. The summed E-state index contributed by atoms with van der Waals surface area (Å²) in [6.45, 7) is 5.11. The number of carboxylic acids is 1. The number of carbonyl (C=O) groups is 2. The van der Waals surface area contributed by atoms with Crippen LogP contribution in [0.4, 0.5) is 10.5 Å². The highest BCUT2D eigenvalue weighted by atomic mass is 16.6. The molecular formula is C13H18N2O5. The lowest BCUT2D eigenvalue weighted by Crippen LogP contribution is -2.28. The van der Waals surface area contributed by atoms with E-state index in [4.69, 9.17) is 15.6 Å². The minimum atomic E-state index is -1.37. The number of ether oxygens (including phenoxy) is 1. The first-order chi connectivity index (χ1) is 9.10. The second kappa shape index (κ2) is 5.79. The highest BCUT2D eigenvalue weighted by Gasteiger charge is 2.22. The number of amides is 1. The number of nitrogens with two attached hydrogens (primary N) is 1. The zero-order chi connectivity index (χ0) is 15.5. The fourth-order valence-corrected chi connectivity index (χ4v) is 1.47. The normalized spacial score (nSPS) is 12.6. The number of hydrogen-bond acceptors (Lipinski definition) is 5. The predicted molar refractivity (Wildman–Crippen MR) is 72.5 cm³/mol. The summed E-state index contributed by atoms with van der Waals surface area (Å²) >= 11 is 0. The van der Waals surface area contributed by atoms with Gasteiger partial charge in [-0.3, -0.25) is 10.1 Å². The summed E-state index contributed by atoms with van der Waals surface area (Å²) in [6, 6.07) is 2.49. The molecular weight excluding hydrogens is 264 g/mol. The lowest BCUT2D eigenvalue weighted by molar-refractivity contribution is -0.138. The quantitative estimate of drug-likeness (QED) is 0.627. The maximum atomic E-state index is 11.7. The van der Waals surface area contributed by atoms with Crippen molar-refractivity contribution in [3.63, 3.8) is 0 Å². The fourth-order valence-electron chi connectivity index (χ4n) is 1.47. The van der Waals surface area contributed by atoms with Crippen molar-refractivity contribution >= 4 is 17.7 Å². The van der Waals surface area contributed by atoms with E-state index in [9.17, 15) is 14.7 Å². The number of nitrogens with one attached hydrogen (secondary N) is 1. The Bertz CT molecular complexity index is 522. The molecule has 0 aliphatic carbocycles. The number of rotatable bonds is 3. The van der Waals surface area contributed by atoms with Crippen LogP contribution in [-0.2, 0) is 9.53 Å². The van der Waals surface area contributed by atoms with Gasteiger partial charge >= 0.3 is 12.1 Å². The monoisotopic (exact) mass is 282 g/mol. The maximum absolute atomic E-state index is 11.7. The molecule has 0 bridgehead atoms. The Hall–Kier alpha value is -2.28. The number of hydrogen-bond donors (Lipinski definition) is 4. The SMILES string of the molecule is CC(C)(C)OC(=O)Nc1ccc(O)cc1C(N)C(=O)O. The first-order valence-corrected chi connectivity index (χ1v) is 5.91. The van der Waals surface area contributed by atoms with Crippen molar-refractivity contribution in [2.45, 2.75) is 32.4 Å². The molecule has 1 rings (SSSR count). The Labute approximate surface area is 116 Å². The van der Waals surface area contributed by atoms with Crippen LogP contribution in [-0.4, -0.2) is 27.9 Å². The van der Waals surface area contributed by atoms with Crippen LogP contribution in [0.2, 0.25) is 0 Å². The minimum Gasteiger partial charge on any atom is -0.508 e. The average Bonchev–Trinajstić information content (AvgIpc) is 2.27. The molecule has 0 saturated carbocycles. The molecule has 0 fully saturated rings. The molecule has 0 radical (unpaired) electrons. The fraction of sp³-hybridized carbons (Fsp3) is 0.385. The van der Waals surface area contributed by atoms with Crippen molar-refractivity contribution < 1.29 is 24.5 Å². The Morgan fingerprint density at radius 2 is 1.95 bits per heavy atom. The lowest BCUT2D eigenvalue weighted by atomic mass is 10.1. The molecule has 0 heterocycles. The van der Waals surface area contributed by atoms with Crippen molar-refractivity contribution in [2.24, 2.45) is 5.73 Å². The summed E-state index contributed by atoms with van der Waals surface area (Å²) in [5, 5.41) is 20.7. The van der Waals surface area contributed by atoms with Crippen LogP contribution in [0, 0.1) is 0 Å². The van der Waals surface area contributed by atoms with Crippen molar-refractivity contribution in [1.82, 2.24) is 0 Å². The van der Waals surface area contributed by atoms with E-state index in [1.54, 1.807) is 20.8 Å². The molecule has 5 N–H and O–H groups in total. The molecule has 1 unspecified atom stereocenters. The molecule has 1 atom stereocenters. The summed E-state index contributed by atoms with van der Waals surface area (Å²) in [6.07, 6.45) is -0.734. The number of aliphatic carboxylic acids is 1. The van der Waals surface area contributed by atoms with Gasteiger partial charge in [0.15, 0.2) is 0 Å². The van der Waals surface area contributed by atoms with E-state index in [0.717, 1.165) is 0 Å². The van der Waals surface area contributed by atoms with E-state index >= 15 is 0 Å². The summed E-state index contributed by atoms with van der Waals surface area (Å²) < 4.78 is 5.07. The average molecular weight is 282 g/mol. The summed E-state index contributed by atoms with van der Waals surface area (Å²) in [4.78, 5) is 22.6.